The summed E-state index contributed by atoms with van der Waals surface area (Å²) in [5, 5.41) is 16.2. The van der Waals surface area contributed by atoms with E-state index in [9.17, 15) is 4.79 Å². The van der Waals surface area contributed by atoms with Gasteiger partial charge in [0.2, 0.25) is 0 Å². The van der Waals surface area contributed by atoms with E-state index in [0.717, 1.165) is 5.69 Å². The molecule has 5 nitrogen and oxygen atoms in total. The lowest BCUT2D eigenvalue weighted by atomic mass is 10.3. The Morgan fingerprint density at radius 1 is 1.71 bits per heavy atom. The zero-order valence-electron chi connectivity index (χ0n) is 8.05. The Morgan fingerprint density at radius 2 is 2.50 bits per heavy atom. The number of hydrogen-bond acceptors (Lipinski definition) is 3. The first kappa shape index (κ1) is 10.4. The van der Waals surface area contributed by atoms with Gasteiger partial charge < -0.3 is 5.11 Å². The van der Waals surface area contributed by atoms with Crippen molar-refractivity contribution < 1.29 is 9.90 Å². The van der Waals surface area contributed by atoms with Gasteiger partial charge in [-0.15, -0.1) is 5.10 Å². The van der Waals surface area contributed by atoms with E-state index in [-0.39, 0.29) is 6.42 Å². The molecule has 0 atom stereocenters. The molecule has 0 aromatic carbocycles. The molecule has 0 aliphatic rings. The second-order valence-corrected chi connectivity index (χ2v) is 2.90. The van der Waals surface area contributed by atoms with Crippen molar-refractivity contribution in [2.75, 3.05) is 0 Å². The monoisotopic (exact) mass is 195 g/mol. The van der Waals surface area contributed by atoms with E-state index in [1.807, 2.05) is 19.1 Å². The molecule has 76 valence electrons. The first-order chi connectivity index (χ1) is 6.72. The van der Waals surface area contributed by atoms with Crippen LogP contribution in [0.25, 0.3) is 6.08 Å². The van der Waals surface area contributed by atoms with E-state index in [2.05, 4.69) is 10.3 Å². The van der Waals surface area contributed by atoms with Crippen LogP contribution in [0.4, 0.5) is 0 Å². The average molecular weight is 195 g/mol. The normalized spacial score (nSPS) is 10.9. The Bertz CT molecular complexity index is 331. The van der Waals surface area contributed by atoms with Crippen LogP contribution in [0, 0.1) is 0 Å². The molecule has 0 aliphatic heterocycles. The van der Waals surface area contributed by atoms with E-state index >= 15 is 0 Å². The number of carboxylic acids is 1. The van der Waals surface area contributed by atoms with Crippen molar-refractivity contribution in [2.24, 2.45) is 0 Å². The minimum atomic E-state index is -0.779. The third-order valence-corrected chi connectivity index (χ3v) is 1.67. The van der Waals surface area contributed by atoms with Crippen molar-refractivity contribution in [3.8, 4) is 0 Å². The van der Waals surface area contributed by atoms with Crippen molar-refractivity contribution in [3.05, 3.63) is 18.0 Å². The standard InChI is InChI=1S/C9H13N3O2/c1-2-4-8-7-12(11-10-8)6-3-5-9(13)14/h2,4,7H,3,5-6H2,1H3,(H,13,14)/b4-2+. The van der Waals surface area contributed by atoms with Crippen molar-refractivity contribution >= 4 is 12.0 Å². The molecule has 0 amide bonds. The van der Waals surface area contributed by atoms with Gasteiger partial charge in [0.05, 0.1) is 6.20 Å². The van der Waals surface area contributed by atoms with Crippen LogP contribution >= 0.6 is 0 Å². The number of aliphatic carboxylic acids is 1. The lowest BCUT2D eigenvalue weighted by Gasteiger charge is -1.95. The highest BCUT2D eigenvalue weighted by molar-refractivity contribution is 5.66. The lowest BCUT2D eigenvalue weighted by Crippen LogP contribution is -2.02. The number of carbonyl (C=O) groups is 1. The van der Waals surface area contributed by atoms with Gasteiger partial charge in [-0.2, -0.15) is 0 Å². The molecule has 5 heteroatoms. The topological polar surface area (TPSA) is 68.0 Å². The van der Waals surface area contributed by atoms with Gasteiger partial charge in [0.25, 0.3) is 0 Å². The van der Waals surface area contributed by atoms with Gasteiger partial charge in [-0.1, -0.05) is 11.3 Å². The molecule has 1 rings (SSSR count). The summed E-state index contributed by atoms with van der Waals surface area (Å²) in [6.07, 6.45) is 6.26. The molecule has 14 heavy (non-hydrogen) atoms. The van der Waals surface area contributed by atoms with Crippen LogP contribution in [0.2, 0.25) is 0 Å². The summed E-state index contributed by atoms with van der Waals surface area (Å²) < 4.78 is 1.65. The highest BCUT2D eigenvalue weighted by atomic mass is 16.4. The zero-order valence-corrected chi connectivity index (χ0v) is 8.05. The van der Waals surface area contributed by atoms with Crippen molar-refractivity contribution in [3.63, 3.8) is 0 Å². The van der Waals surface area contributed by atoms with Gasteiger partial charge in [-0.05, 0) is 19.4 Å². The van der Waals surface area contributed by atoms with Crippen LogP contribution in [0.3, 0.4) is 0 Å². The Kier molecular flexibility index (Phi) is 3.84. The molecule has 1 aromatic rings. The Balaban J connectivity index is 2.39. The van der Waals surface area contributed by atoms with Crippen LogP contribution < -0.4 is 0 Å². The van der Waals surface area contributed by atoms with Crippen molar-refractivity contribution in [2.45, 2.75) is 26.3 Å². The molecule has 0 radical (unpaired) electrons. The summed E-state index contributed by atoms with van der Waals surface area (Å²) in [5.41, 5.74) is 0.794. The van der Waals surface area contributed by atoms with Crippen LogP contribution in [-0.2, 0) is 11.3 Å². The Labute approximate surface area is 82.0 Å². The van der Waals surface area contributed by atoms with Crippen molar-refractivity contribution in [1.29, 1.82) is 0 Å². The fraction of sp³-hybridized carbons (Fsp3) is 0.444. The Morgan fingerprint density at radius 3 is 3.14 bits per heavy atom. The quantitative estimate of drug-likeness (QED) is 0.765. The molecule has 0 aliphatic carbocycles. The maximum atomic E-state index is 10.2. The van der Waals surface area contributed by atoms with E-state index in [1.165, 1.54) is 0 Å². The molecule has 1 aromatic heterocycles. The molecule has 1 N–H and O–H groups in total. The summed E-state index contributed by atoms with van der Waals surface area (Å²) in [6.45, 7) is 2.50. The zero-order chi connectivity index (χ0) is 10.4. The summed E-state index contributed by atoms with van der Waals surface area (Å²) in [7, 11) is 0. The molecule has 0 saturated carbocycles. The highest BCUT2D eigenvalue weighted by Crippen LogP contribution is 1.98. The van der Waals surface area contributed by atoms with Crippen LogP contribution in [0.15, 0.2) is 12.3 Å². The van der Waals surface area contributed by atoms with Gasteiger partial charge >= 0.3 is 5.97 Å². The van der Waals surface area contributed by atoms with Gasteiger partial charge in [-0.3, -0.25) is 9.48 Å². The third kappa shape index (κ3) is 3.38. The lowest BCUT2D eigenvalue weighted by molar-refractivity contribution is -0.137. The van der Waals surface area contributed by atoms with Gasteiger partial charge in [0, 0.05) is 13.0 Å². The maximum Gasteiger partial charge on any atom is 0.303 e. The number of rotatable bonds is 5. The first-order valence-corrected chi connectivity index (χ1v) is 4.47. The molecular weight excluding hydrogens is 182 g/mol. The molecule has 1 heterocycles. The highest BCUT2D eigenvalue weighted by Gasteiger charge is 1.99. The summed E-state index contributed by atoms with van der Waals surface area (Å²) in [6, 6.07) is 0. The first-order valence-electron chi connectivity index (χ1n) is 4.47. The van der Waals surface area contributed by atoms with Crippen LogP contribution in [0.1, 0.15) is 25.5 Å². The van der Waals surface area contributed by atoms with E-state index < -0.39 is 5.97 Å². The number of aromatic nitrogens is 3. The summed E-state index contributed by atoms with van der Waals surface area (Å²) in [5.74, 6) is -0.779. The summed E-state index contributed by atoms with van der Waals surface area (Å²) >= 11 is 0. The van der Waals surface area contributed by atoms with E-state index in [1.54, 1.807) is 10.9 Å². The van der Waals surface area contributed by atoms with Gasteiger partial charge in [0.15, 0.2) is 0 Å². The SMILES string of the molecule is C/C=C/c1cn(CCCC(=O)O)nn1. The van der Waals surface area contributed by atoms with Crippen molar-refractivity contribution in [1.82, 2.24) is 15.0 Å². The predicted octanol–water partition coefficient (Wildman–Crippen LogP) is 1.18. The molecule has 0 spiro atoms. The largest absolute Gasteiger partial charge is 0.481 e. The molecular formula is C9H13N3O2. The van der Waals surface area contributed by atoms with E-state index in [4.69, 9.17) is 5.11 Å². The number of nitrogens with zero attached hydrogens (tertiary/aromatic N) is 3. The van der Waals surface area contributed by atoms with E-state index in [0.29, 0.717) is 13.0 Å². The summed E-state index contributed by atoms with van der Waals surface area (Å²) in [4.78, 5) is 10.2. The third-order valence-electron chi connectivity index (χ3n) is 1.67. The minimum absolute atomic E-state index is 0.165. The molecule has 0 bridgehead atoms. The van der Waals surface area contributed by atoms with Crippen LogP contribution in [0.5, 0.6) is 0 Å². The molecule has 0 unspecified atom stereocenters. The second kappa shape index (κ2) is 5.16. The molecule has 0 saturated heterocycles. The average Bonchev–Trinajstić information content (AvgIpc) is 2.53. The minimum Gasteiger partial charge on any atom is -0.481 e. The fourth-order valence-corrected chi connectivity index (χ4v) is 1.06. The number of hydrogen-bond donors (Lipinski definition) is 1. The smallest absolute Gasteiger partial charge is 0.303 e. The number of aryl methyl sites for hydroxylation is 1. The number of allylic oxidation sites excluding steroid dienone is 1. The Hall–Kier alpha value is -1.65. The van der Waals surface area contributed by atoms with Crippen LogP contribution in [-0.4, -0.2) is 26.1 Å². The fourth-order valence-electron chi connectivity index (χ4n) is 1.06. The number of carboxylic acid groups (broad SMARTS) is 1. The maximum absolute atomic E-state index is 10.2. The van der Waals surface area contributed by atoms with Gasteiger partial charge in [-0.25, -0.2) is 0 Å². The molecule has 0 fully saturated rings. The predicted molar refractivity (Wildman–Crippen MR) is 51.6 cm³/mol. The second-order valence-electron chi connectivity index (χ2n) is 2.90. The van der Waals surface area contributed by atoms with Gasteiger partial charge in [0.1, 0.15) is 5.69 Å².